The summed E-state index contributed by atoms with van der Waals surface area (Å²) in [7, 11) is 0. The van der Waals surface area contributed by atoms with E-state index < -0.39 is 12.1 Å². The first-order chi connectivity index (χ1) is 12.0. The van der Waals surface area contributed by atoms with E-state index in [2.05, 4.69) is 5.32 Å². The molecule has 2 saturated heterocycles. The molecule has 2 heterocycles. The molecule has 0 bridgehead atoms. The SMILES string of the molecule is Cc1ccc(N2C(=O)N(CC(=O)NC[C@H]3CCCO3)C(=O)[C@@H]2C)cc1. The van der Waals surface area contributed by atoms with Gasteiger partial charge in [-0.1, -0.05) is 17.7 Å². The molecule has 25 heavy (non-hydrogen) atoms. The van der Waals surface area contributed by atoms with Crippen LogP contribution in [0.2, 0.25) is 0 Å². The Balaban J connectivity index is 1.63. The summed E-state index contributed by atoms with van der Waals surface area (Å²) in [6.45, 7) is 4.48. The van der Waals surface area contributed by atoms with Crippen molar-refractivity contribution in [2.45, 2.75) is 38.8 Å². The van der Waals surface area contributed by atoms with E-state index in [4.69, 9.17) is 4.74 Å². The van der Waals surface area contributed by atoms with Gasteiger partial charge in [0.15, 0.2) is 0 Å². The Bertz CT molecular complexity index is 667. The second kappa shape index (κ2) is 7.23. The van der Waals surface area contributed by atoms with Crippen molar-refractivity contribution in [2.24, 2.45) is 0 Å². The molecule has 1 N–H and O–H groups in total. The van der Waals surface area contributed by atoms with Crippen molar-refractivity contribution < 1.29 is 19.1 Å². The minimum atomic E-state index is -0.624. The number of amides is 4. The van der Waals surface area contributed by atoms with Gasteiger partial charge in [-0.05, 0) is 38.8 Å². The number of aryl methyl sites for hydroxylation is 1. The van der Waals surface area contributed by atoms with Gasteiger partial charge >= 0.3 is 6.03 Å². The van der Waals surface area contributed by atoms with Crippen molar-refractivity contribution in [1.29, 1.82) is 0 Å². The van der Waals surface area contributed by atoms with Crippen molar-refractivity contribution in [3.05, 3.63) is 29.8 Å². The van der Waals surface area contributed by atoms with Crippen molar-refractivity contribution in [3.8, 4) is 0 Å². The minimum Gasteiger partial charge on any atom is -0.376 e. The lowest BCUT2D eigenvalue weighted by Crippen LogP contribution is -2.43. The lowest BCUT2D eigenvalue weighted by Gasteiger charge is -2.19. The zero-order valence-electron chi connectivity index (χ0n) is 14.5. The van der Waals surface area contributed by atoms with Gasteiger partial charge in [-0.25, -0.2) is 4.79 Å². The molecule has 1 aromatic carbocycles. The van der Waals surface area contributed by atoms with E-state index in [0.717, 1.165) is 23.3 Å². The minimum absolute atomic E-state index is 0.0249. The third-order valence-corrected chi connectivity index (χ3v) is 4.61. The summed E-state index contributed by atoms with van der Waals surface area (Å²) in [5.41, 5.74) is 1.72. The lowest BCUT2D eigenvalue weighted by atomic mass is 10.2. The van der Waals surface area contributed by atoms with Crippen LogP contribution in [0.1, 0.15) is 25.3 Å². The van der Waals surface area contributed by atoms with Crippen LogP contribution in [0.3, 0.4) is 0 Å². The van der Waals surface area contributed by atoms with Crippen LogP contribution in [0.4, 0.5) is 10.5 Å². The number of imide groups is 1. The quantitative estimate of drug-likeness (QED) is 0.819. The van der Waals surface area contributed by atoms with E-state index in [1.54, 1.807) is 19.1 Å². The van der Waals surface area contributed by atoms with E-state index >= 15 is 0 Å². The van der Waals surface area contributed by atoms with Gasteiger partial charge in [0.25, 0.3) is 5.91 Å². The average molecular weight is 345 g/mol. The van der Waals surface area contributed by atoms with Crippen LogP contribution in [0.15, 0.2) is 24.3 Å². The van der Waals surface area contributed by atoms with Gasteiger partial charge in [-0.15, -0.1) is 0 Å². The van der Waals surface area contributed by atoms with Crippen LogP contribution >= 0.6 is 0 Å². The molecule has 0 aliphatic carbocycles. The van der Waals surface area contributed by atoms with E-state index in [1.807, 2.05) is 19.1 Å². The summed E-state index contributed by atoms with van der Waals surface area (Å²) in [5.74, 6) is -0.715. The predicted octanol–water partition coefficient (Wildman–Crippen LogP) is 1.45. The molecule has 0 unspecified atom stereocenters. The summed E-state index contributed by atoms with van der Waals surface area (Å²) in [6.07, 6.45) is 1.93. The monoisotopic (exact) mass is 345 g/mol. The molecule has 2 fully saturated rings. The van der Waals surface area contributed by atoms with E-state index in [1.165, 1.54) is 4.90 Å². The van der Waals surface area contributed by atoms with Crippen LogP contribution in [0.25, 0.3) is 0 Å². The molecule has 7 nitrogen and oxygen atoms in total. The summed E-state index contributed by atoms with van der Waals surface area (Å²) >= 11 is 0. The second-order valence-corrected chi connectivity index (χ2v) is 6.53. The van der Waals surface area contributed by atoms with Gasteiger partial charge in [0.05, 0.1) is 6.10 Å². The molecule has 2 aliphatic rings. The average Bonchev–Trinajstić information content (AvgIpc) is 3.18. The lowest BCUT2D eigenvalue weighted by molar-refractivity contribution is -0.132. The Morgan fingerprint density at radius 2 is 2.00 bits per heavy atom. The highest BCUT2D eigenvalue weighted by Crippen LogP contribution is 2.25. The first-order valence-corrected chi connectivity index (χ1v) is 8.57. The van der Waals surface area contributed by atoms with E-state index in [9.17, 15) is 14.4 Å². The van der Waals surface area contributed by atoms with Crippen LogP contribution in [-0.2, 0) is 14.3 Å². The van der Waals surface area contributed by atoms with Crippen molar-refractivity contribution in [3.63, 3.8) is 0 Å². The van der Waals surface area contributed by atoms with Crippen molar-refractivity contribution in [1.82, 2.24) is 10.2 Å². The van der Waals surface area contributed by atoms with Crippen LogP contribution in [0, 0.1) is 6.92 Å². The Morgan fingerprint density at radius 3 is 2.64 bits per heavy atom. The van der Waals surface area contributed by atoms with E-state index in [0.29, 0.717) is 18.8 Å². The van der Waals surface area contributed by atoms with Crippen LogP contribution < -0.4 is 10.2 Å². The number of carbonyl (C=O) groups excluding carboxylic acids is 3. The van der Waals surface area contributed by atoms with Gasteiger partial charge < -0.3 is 10.1 Å². The first kappa shape index (κ1) is 17.4. The molecule has 0 aromatic heterocycles. The predicted molar refractivity (Wildman–Crippen MR) is 92.2 cm³/mol. The third-order valence-electron chi connectivity index (χ3n) is 4.61. The standard InChI is InChI=1S/C18H23N3O4/c1-12-5-7-14(8-6-12)21-13(2)17(23)20(18(21)24)11-16(22)19-10-15-4-3-9-25-15/h5-8,13,15H,3-4,9-11H2,1-2H3,(H,19,22)/t13-,15+/m0/s1. The fourth-order valence-electron chi connectivity index (χ4n) is 3.14. The maximum absolute atomic E-state index is 12.6. The Morgan fingerprint density at radius 1 is 1.28 bits per heavy atom. The number of hydrogen-bond acceptors (Lipinski definition) is 4. The molecule has 0 saturated carbocycles. The largest absolute Gasteiger partial charge is 0.376 e. The molecule has 7 heteroatoms. The number of nitrogens with zero attached hydrogens (tertiary/aromatic N) is 2. The van der Waals surface area contributed by atoms with Gasteiger partial charge in [0, 0.05) is 18.8 Å². The molecule has 0 radical (unpaired) electrons. The molecule has 2 atom stereocenters. The number of anilines is 1. The zero-order valence-corrected chi connectivity index (χ0v) is 14.5. The summed E-state index contributed by atoms with van der Waals surface area (Å²) in [5, 5.41) is 2.74. The molecule has 3 rings (SSSR count). The zero-order chi connectivity index (χ0) is 18.0. The Labute approximate surface area is 146 Å². The number of rotatable bonds is 5. The first-order valence-electron chi connectivity index (χ1n) is 8.57. The highest BCUT2D eigenvalue weighted by molar-refractivity contribution is 6.15. The molecule has 0 spiro atoms. The number of benzene rings is 1. The van der Waals surface area contributed by atoms with Crippen LogP contribution in [0.5, 0.6) is 0 Å². The van der Waals surface area contributed by atoms with E-state index in [-0.39, 0.29) is 24.5 Å². The highest BCUT2D eigenvalue weighted by Gasteiger charge is 2.44. The topological polar surface area (TPSA) is 79.0 Å². The highest BCUT2D eigenvalue weighted by atomic mass is 16.5. The number of urea groups is 1. The van der Waals surface area contributed by atoms with Gasteiger partial charge in [-0.3, -0.25) is 19.4 Å². The normalized spacial score (nSPS) is 23.4. The van der Waals surface area contributed by atoms with Crippen molar-refractivity contribution in [2.75, 3.05) is 24.6 Å². The summed E-state index contributed by atoms with van der Waals surface area (Å²) in [4.78, 5) is 39.6. The molecule has 134 valence electrons. The molecular formula is C18H23N3O4. The molecular weight excluding hydrogens is 322 g/mol. The smallest absolute Gasteiger partial charge is 0.332 e. The fraction of sp³-hybridized carbons (Fsp3) is 0.500. The Kier molecular flexibility index (Phi) is 5.03. The third kappa shape index (κ3) is 3.66. The summed E-state index contributed by atoms with van der Waals surface area (Å²) in [6, 6.07) is 6.29. The number of hydrogen-bond donors (Lipinski definition) is 1. The molecule has 1 aromatic rings. The van der Waals surface area contributed by atoms with Gasteiger partial charge in [0.1, 0.15) is 12.6 Å². The fourth-order valence-corrected chi connectivity index (χ4v) is 3.14. The molecule has 2 aliphatic heterocycles. The number of ether oxygens (including phenoxy) is 1. The maximum Gasteiger partial charge on any atom is 0.332 e. The summed E-state index contributed by atoms with van der Waals surface area (Å²) < 4.78 is 5.45. The number of nitrogens with one attached hydrogen (secondary N) is 1. The van der Waals surface area contributed by atoms with Crippen LogP contribution in [-0.4, -0.2) is 54.6 Å². The van der Waals surface area contributed by atoms with Gasteiger partial charge in [0.2, 0.25) is 5.91 Å². The molecule has 4 amide bonds. The van der Waals surface area contributed by atoms with Crippen molar-refractivity contribution >= 4 is 23.5 Å². The Hall–Kier alpha value is -2.41. The number of carbonyl (C=O) groups is 3. The maximum atomic E-state index is 12.6. The van der Waals surface area contributed by atoms with Gasteiger partial charge in [-0.2, -0.15) is 0 Å². The second-order valence-electron chi connectivity index (χ2n) is 6.53.